The summed E-state index contributed by atoms with van der Waals surface area (Å²) in [5.74, 6) is 0. The molecule has 1 aromatic carbocycles. The van der Waals surface area contributed by atoms with Crippen LogP contribution < -0.4 is 0 Å². The van der Waals surface area contributed by atoms with Crippen molar-refractivity contribution < 1.29 is 5.21 Å². The molecule has 0 spiro atoms. The van der Waals surface area contributed by atoms with E-state index in [9.17, 15) is 0 Å². The van der Waals surface area contributed by atoms with E-state index in [0.29, 0.717) is 5.71 Å². The van der Waals surface area contributed by atoms with Crippen LogP contribution in [-0.4, -0.2) is 15.9 Å². The van der Waals surface area contributed by atoms with Crippen LogP contribution >= 0.6 is 0 Å². The molecular formula is C11H10N2O. The maximum atomic E-state index is 8.70. The van der Waals surface area contributed by atoms with E-state index >= 15 is 0 Å². The molecule has 0 atom stereocenters. The minimum atomic E-state index is 0.529. The predicted molar refractivity (Wildman–Crippen MR) is 55.7 cm³/mol. The van der Waals surface area contributed by atoms with Crippen LogP contribution in [0.1, 0.15) is 12.6 Å². The van der Waals surface area contributed by atoms with Gasteiger partial charge < -0.3 is 5.21 Å². The first-order valence-electron chi connectivity index (χ1n) is 4.35. The van der Waals surface area contributed by atoms with Gasteiger partial charge in [0.05, 0.1) is 5.69 Å². The van der Waals surface area contributed by atoms with Gasteiger partial charge in [0.2, 0.25) is 0 Å². The molecule has 0 unspecified atom stereocenters. The van der Waals surface area contributed by atoms with E-state index in [4.69, 9.17) is 5.21 Å². The molecule has 0 radical (unpaired) electrons. The number of hydrogen-bond donors (Lipinski definition) is 1. The second kappa shape index (κ2) is 3.46. The monoisotopic (exact) mass is 186 g/mol. The predicted octanol–water partition coefficient (Wildman–Crippen LogP) is 2.43. The molecule has 0 saturated carbocycles. The largest absolute Gasteiger partial charge is 0.411 e. The van der Waals surface area contributed by atoms with Gasteiger partial charge in [0, 0.05) is 11.6 Å². The minimum absolute atomic E-state index is 0.529. The molecule has 0 aliphatic heterocycles. The Morgan fingerprint density at radius 3 is 2.86 bits per heavy atom. The molecule has 0 bridgehead atoms. The van der Waals surface area contributed by atoms with E-state index in [1.165, 1.54) is 0 Å². The Kier molecular flexibility index (Phi) is 2.14. The molecule has 0 fully saturated rings. The molecule has 14 heavy (non-hydrogen) atoms. The maximum Gasteiger partial charge on any atom is 0.103 e. The number of nitrogens with zero attached hydrogens (tertiary/aromatic N) is 2. The first-order chi connectivity index (χ1) is 6.83. The Balaban J connectivity index is 2.77. The molecule has 1 heterocycles. The third-order valence-corrected chi connectivity index (χ3v) is 2.17. The van der Waals surface area contributed by atoms with Gasteiger partial charge in [-0.2, -0.15) is 0 Å². The Morgan fingerprint density at radius 1 is 1.29 bits per heavy atom. The van der Waals surface area contributed by atoms with E-state index in [2.05, 4.69) is 10.1 Å². The molecule has 3 nitrogen and oxygen atoms in total. The van der Waals surface area contributed by atoms with Gasteiger partial charge in [-0.3, -0.25) is 4.98 Å². The third kappa shape index (κ3) is 1.33. The Labute approximate surface area is 81.7 Å². The van der Waals surface area contributed by atoms with Gasteiger partial charge in [-0.1, -0.05) is 29.4 Å². The number of fused-ring (bicyclic) bond motifs is 1. The van der Waals surface area contributed by atoms with Crippen molar-refractivity contribution in [2.75, 3.05) is 0 Å². The van der Waals surface area contributed by atoms with Crippen molar-refractivity contribution in [2.45, 2.75) is 6.92 Å². The quantitative estimate of drug-likeness (QED) is 0.422. The summed E-state index contributed by atoms with van der Waals surface area (Å²) in [4.78, 5) is 4.19. The fourth-order valence-corrected chi connectivity index (χ4v) is 1.46. The molecule has 70 valence electrons. The molecule has 3 heteroatoms. The van der Waals surface area contributed by atoms with Gasteiger partial charge in [-0.25, -0.2) is 0 Å². The van der Waals surface area contributed by atoms with Crippen LogP contribution in [0.2, 0.25) is 0 Å². The van der Waals surface area contributed by atoms with Crippen LogP contribution in [0.3, 0.4) is 0 Å². The highest BCUT2D eigenvalue weighted by Crippen LogP contribution is 2.16. The van der Waals surface area contributed by atoms with Gasteiger partial charge >= 0.3 is 0 Å². The van der Waals surface area contributed by atoms with E-state index < -0.39 is 0 Å². The Bertz CT molecular complexity index is 486. The maximum absolute atomic E-state index is 8.70. The first kappa shape index (κ1) is 8.69. The summed E-state index contributed by atoms with van der Waals surface area (Å²) >= 11 is 0. The summed E-state index contributed by atoms with van der Waals surface area (Å²) in [5.41, 5.74) is 1.26. The van der Waals surface area contributed by atoms with Crippen LogP contribution in [0.5, 0.6) is 0 Å². The molecule has 0 amide bonds. The number of oxime groups is 1. The van der Waals surface area contributed by atoms with Crippen molar-refractivity contribution in [3.8, 4) is 0 Å². The highest BCUT2D eigenvalue weighted by Gasteiger charge is 2.04. The van der Waals surface area contributed by atoms with Gasteiger partial charge in [0.25, 0.3) is 0 Å². The lowest BCUT2D eigenvalue weighted by Crippen LogP contribution is -1.99. The van der Waals surface area contributed by atoms with Gasteiger partial charge in [-0.15, -0.1) is 0 Å². The van der Waals surface area contributed by atoms with Gasteiger partial charge in [-0.05, 0) is 18.4 Å². The van der Waals surface area contributed by atoms with Crippen molar-refractivity contribution in [3.63, 3.8) is 0 Å². The van der Waals surface area contributed by atoms with E-state index in [0.717, 1.165) is 16.5 Å². The molecular weight excluding hydrogens is 176 g/mol. The second-order valence-corrected chi connectivity index (χ2v) is 3.07. The molecule has 1 N–H and O–H groups in total. The van der Waals surface area contributed by atoms with Gasteiger partial charge in [0.15, 0.2) is 0 Å². The fourth-order valence-electron chi connectivity index (χ4n) is 1.46. The average Bonchev–Trinajstić information content (AvgIpc) is 2.27. The lowest BCUT2D eigenvalue weighted by atomic mass is 10.1. The third-order valence-electron chi connectivity index (χ3n) is 2.17. The normalized spacial score (nSPS) is 11.9. The Hall–Kier alpha value is -1.90. The number of benzene rings is 1. The molecule has 1 aromatic heterocycles. The Morgan fingerprint density at radius 2 is 2.07 bits per heavy atom. The fraction of sp³-hybridized carbons (Fsp3) is 0.0909. The van der Waals surface area contributed by atoms with E-state index in [1.807, 2.05) is 30.3 Å². The summed E-state index contributed by atoms with van der Waals surface area (Å²) in [6.45, 7) is 1.73. The number of aromatic nitrogens is 1. The first-order valence-corrected chi connectivity index (χ1v) is 4.35. The molecule has 0 saturated heterocycles. The summed E-state index contributed by atoms with van der Waals surface area (Å²) in [6, 6.07) is 9.82. The van der Waals surface area contributed by atoms with Crippen LogP contribution in [0.25, 0.3) is 10.8 Å². The standard InChI is InChI=1S/C11H10N2O/c1-8(13-14)11-10-5-3-2-4-9(10)6-7-12-11/h2-7,14H,1H3. The van der Waals surface area contributed by atoms with Crippen LogP contribution in [0, 0.1) is 0 Å². The van der Waals surface area contributed by atoms with Crippen LogP contribution in [0.4, 0.5) is 0 Å². The van der Waals surface area contributed by atoms with E-state index in [1.54, 1.807) is 13.1 Å². The van der Waals surface area contributed by atoms with Crippen molar-refractivity contribution in [2.24, 2.45) is 5.16 Å². The highest BCUT2D eigenvalue weighted by molar-refractivity contribution is 6.07. The number of hydrogen-bond acceptors (Lipinski definition) is 3. The van der Waals surface area contributed by atoms with Gasteiger partial charge in [0.1, 0.15) is 5.71 Å². The summed E-state index contributed by atoms with van der Waals surface area (Å²) < 4.78 is 0. The number of rotatable bonds is 1. The van der Waals surface area contributed by atoms with Crippen molar-refractivity contribution in [1.29, 1.82) is 0 Å². The zero-order chi connectivity index (χ0) is 9.97. The summed E-state index contributed by atoms with van der Waals surface area (Å²) in [7, 11) is 0. The van der Waals surface area contributed by atoms with Crippen molar-refractivity contribution >= 4 is 16.5 Å². The highest BCUT2D eigenvalue weighted by atomic mass is 16.4. The summed E-state index contributed by atoms with van der Waals surface area (Å²) in [6.07, 6.45) is 1.71. The summed E-state index contributed by atoms with van der Waals surface area (Å²) in [5, 5.41) is 14.0. The SMILES string of the molecule is CC(=NO)c1nccc2ccccc12. The van der Waals surface area contributed by atoms with E-state index in [-0.39, 0.29) is 0 Å². The zero-order valence-electron chi connectivity index (χ0n) is 7.81. The molecule has 0 aliphatic rings. The minimum Gasteiger partial charge on any atom is -0.411 e. The lowest BCUT2D eigenvalue weighted by molar-refractivity contribution is 0.319. The molecule has 2 aromatic rings. The van der Waals surface area contributed by atoms with Crippen molar-refractivity contribution in [1.82, 2.24) is 4.98 Å². The number of pyridine rings is 1. The second-order valence-electron chi connectivity index (χ2n) is 3.07. The molecule has 0 aliphatic carbocycles. The topological polar surface area (TPSA) is 45.5 Å². The lowest BCUT2D eigenvalue weighted by Gasteiger charge is -2.02. The van der Waals surface area contributed by atoms with Crippen molar-refractivity contribution in [3.05, 3.63) is 42.2 Å². The van der Waals surface area contributed by atoms with Crippen LogP contribution in [-0.2, 0) is 0 Å². The molecule has 2 rings (SSSR count). The zero-order valence-corrected chi connectivity index (χ0v) is 7.81. The average molecular weight is 186 g/mol. The van der Waals surface area contributed by atoms with Crippen LogP contribution in [0.15, 0.2) is 41.7 Å². The smallest absolute Gasteiger partial charge is 0.103 e.